The van der Waals surface area contributed by atoms with Gasteiger partial charge in [0.2, 0.25) is 0 Å². The molecule has 0 radical (unpaired) electrons. The fourth-order valence-corrected chi connectivity index (χ4v) is 5.93. The van der Waals surface area contributed by atoms with Crippen molar-refractivity contribution in [1.29, 1.82) is 0 Å². The second kappa shape index (κ2) is 18.7. The Labute approximate surface area is 267 Å². The highest BCUT2D eigenvalue weighted by molar-refractivity contribution is 5.84. The molecule has 4 rings (SSSR count). The summed E-state index contributed by atoms with van der Waals surface area (Å²) in [5, 5.41) is 6.67. The molecular formula is C41H53N3. The molecule has 1 aromatic heterocycles. The van der Waals surface area contributed by atoms with Crippen LogP contribution in [0, 0.1) is 13.8 Å². The molecule has 3 aromatic carbocycles. The van der Waals surface area contributed by atoms with Gasteiger partial charge in [0.05, 0.1) is 0 Å². The minimum atomic E-state index is 0.374. The predicted molar refractivity (Wildman–Crippen MR) is 192 cm³/mol. The topological polar surface area (TPSA) is 37.0 Å². The van der Waals surface area contributed by atoms with Gasteiger partial charge in [0.1, 0.15) is 0 Å². The van der Waals surface area contributed by atoms with Crippen LogP contribution in [0.15, 0.2) is 104 Å². The third kappa shape index (κ3) is 9.53. The molecule has 0 saturated carbocycles. The minimum Gasteiger partial charge on any atom is -0.390 e. The summed E-state index contributed by atoms with van der Waals surface area (Å²) in [6, 6.07) is 30.9. The number of pyridine rings is 1. The van der Waals surface area contributed by atoms with E-state index in [1.54, 1.807) is 6.20 Å². The molecule has 0 aliphatic carbocycles. The van der Waals surface area contributed by atoms with Crippen LogP contribution < -0.4 is 10.6 Å². The Morgan fingerprint density at radius 1 is 0.841 bits per heavy atom. The lowest BCUT2D eigenvalue weighted by Gasteiger charge is -2.22. The largest absolute Gasteiger partial charge is 0.390 e. The van der Waals surface area contributed by atoms with Crippen LogP contribution in [0.5, 0.6) is 0 Å². The van der Waals surface area contributed by atoms with Crippen molar-refractivity contribution in [1.82, 2.24) is 15.6 Å². The number of rotatable bonds is 16. The van der Waals surface area contributed by atoms with Crippen molar-refractivity contribution < 1.29 is 0 Å². The van der Waals surface area contributed by atoms with Crippen LogP contribution in [-0.2, 0) is 12.8 Å². The molecule has 2 N–H and O–H groups in total. The zero-order chi connectivity index (χ0) is 31.7. The summed E-state index contributed by atoms with van der Waals surface area (Å²) in [5.74, 6) is 0.374. The van der Waals surface area contributed by atoms with Crippen LogP contribution >= 0.6 is 0 Å². The lowest BCUT2D eigenvalue weighted by molar-refractivity contribution is 0.654. The monoisotopic (exact) mass is 587 g/mol. The first-order valence-corrected chi connectivity index (χ1v) is 16.5. The molecule has 0 bridgehead atoms. The normalized spacial score (nSPS) is 10.7. The van der Waals surface area contributed by atoms with Crippen molar-refractivity contribution in [2.45, 2.75) is 72.6 Å². The quantitative estimate of drug-likeness (QED) is 0.128. The van der Waals surface area contributed by atoms with Gasteiger partial charge in [-0.2, -0.15) is 0 Å². The maximum atomic E-state index is 5.15. The van der Waals surface area contributed by atoms with E-state index in [4.69, 9.17) is 4.98 Å². The fourth-order valence-electron chi connectivity index (χ4n) is 5.93. The summed E-state index contributed by atoms with van der Waals surface area (Å²) in [4.78, 5) is 5.15. The second-order valence-electron chi connectivity index (χ2n) is 11.1. The first-order chi connectivity index (χ1) is 21.5. The van der Waals surface area contributed by atoms with E-state index in [-0.39, 0.29) is 0 Å². The maximum absolute atomic E-state index is 5.15. The molecule has 3 heteroatoms. The van der Waals surface area contributed by atoms with E-state index >= 15 is 0 Å². The standard InChI is InChI=1S/C39H47N3.C2H6/c1-6-32-21-23-35(24-22-32)39-30(4)37(25-26-41-28-27-40-7-2)42-31(5)38(39)29(3)15-14-20-36(33-16-10-8-11-17-33)34-18-12-9-13-19-34;1-2/h7-13,16-19,21-24,36,40-41H,2-3,6,14-15,20,25-28H2,1,4-5H3;1-2H3. The molecular weight excluding hydrogens is 534 g/mol. The molecule has 232 valence electrons. The molecule has 3 nitrogen and oxygen atoms in total. The van der Waals surface area contributed by atoms with E-state index in [0.717, 1.165) is 63.1 Å². The van der Waals surface area contributed by atoms with Crippen LogP contribution in [0.2, 0.25) is 0 Å². The van der Waals surface area contributed by atoms with Crippen LogP contribution in [0.25, 0.3) is 16.7 Å². The maximum Gasteiger partial charge on any atom is 0.0457 e. The van der Waals surface area contributed by atoms with Crippen LogP contribution in [0.4, 0.5) is 0 Å². The Morgan fingerprint density at radius 2 is 1.45 bits per heavy atom. The lowest BCUT2D eigenvalue weighted by atomic mass is 9.84. The van der Waals surface area contributed by atoms with E-state index in [0.29, 0.717) is 5.92 Å². The van der Waals surface area contributed by atoms with Gasteiger partial charge >= 0.3 is 0 Å². The summed E-state index contributed by atoms with van der Waals surface area (Å²) in [6.45, 7) is 21.6. The van der Waals surface area contributed by atoms with Gasteiger partial charge in [-0.1, -0.05) is 119 Å². The Kier molecular flexibility index (Phi) is 14.6. The molecule has 0 aliphatic rings. The third-order valence-electron chi connectivity index (χ3n) is 8.23. The van der Waals surface area contributed by atoms with E-state index in [1.165, 1.54) is 44.5 Å². The molecule has 0 fully saturated rings. The Morgan fingerprint density at radius 3 is 2.02 bits per heavy atom. The number of nitrogens with zero attached hydrogens (tertiary/aromatic N) is 1. The van der Waals surface area contributed by atoms with Crippen molar-refractivity contribution in [2.24, 2.45) is 0 Å². The van der Waals surface area contributed by atoms with Gasteiger partial charge in [-0.25, -0.2) is 0 Å². The number of aryl methyl sites for hydroxylation is 2. The summed E-state index contributed by atoms with van der Waals surface area (Å²) in [5.41, 5.74) is 12.5. The van der Waals surface area contributed by atoms with Crippen molar-refractivity contribution >= 4 is 5.57 Å². The number of aromatic nitrogens is 1. The molecule has 0 amide bonds. The van der Waals surface area contributed by atoms with E-state index in [2.05, 4.69) is 129 Å². The van der Waals surface area contributed by atoms with Gasteiger partial charge in [-0.05, 0) is 84.7 Å². The van der Waals surface area contributed by atoms with Gasteiger partial charge in [0, 0.05) is 48.9 Å². The summed E-state index contributed by atoms with van der Waals surface area (Å²) in [7, 11) is 0. The smallest absolute Gasteiger partial charge is 0.0457 e. The zero-order valence-electron chi connectivity index (χ0n) is 27.8. The highest BCUT2D eigenvalue weighted by Crippen LogP contribution is 2.38. The van der Waals surface area contributed by atoms with Gasteiger partial charge in [-0.3, -0.25) is 4.98 Å². The summed E-state index contributed by atoms with van der Waals surface area (Å²) >= 11 is 0. The van der Waals surface area contributed by atoms with Crippen LogP contribution in [-0.4, -0.2) is 24.6 Å². The van der Waals surface area contributed by atoms with Crippen LogP contribution in [0.1, 0.15) is 85.2 Å². The summed E-state index contributed by atoms with van der Waals surface area (Å²) in [6.07, 6.45) is 6.74. The highest BCUT2D eigenvalue weighted by atomic mass is 14.9. The average Bonchev–Trinajstić information content (AvgIpc) is 3.07. The van der Waals surface area contributed by atoms with E-state index in [1.807, 2.05) is 13.8 Å². The number of nitrogens with one attached hydrogen (secondary N) is 2. The molecule has 0 saturated heterocycles. The van der Waals surface area contributed by atoms with Crippen LogP contribution in [0.3, 0.4) is 0 Å². The molecule has 0 atom stereocenters. The lowest BCUT2D eigenvalue weighted by Crippen LogP contribution is -2.26. The Hall–Kier alpha value is -3.95. The Bertz CT molecular complexity index is 1380. The Balaban J connectivity index is 0.00000259. The SMILES string of the molecule is C=CNCCNCCc1nc(C)c(C(=C)CCCC(c2ccccc2)c2ccccc2)c(-c2ccc(CC)cc2)c1C.CC. The molecule has 0 unspecified atom stereocenters. The summed E-state index contributed by atoms with van der Waals surface area (Å²) < 4.78 is 0. The second-order valence-corrected chi connectivity index (χ2v) is 11.1. The molecule has 4 aromatic rings. The van der Waals surface area contributed by atoms with Crippen molar-refractivity contribution in [2.75, 3.05) is 19.6 Å². The van der Waals surface area contributed by atoms with E-state index in [9.17, 15) is 0 Å². The average molecular weight is 588 g/mol. The number of allylic oxidation sites excluding steroid dienone is 1. The molecule has 0 spiro atoms. The van der Waals surface area contributed by atoms with Gasteiger partial charge < -0.3 is 10.6 Å². The van der Waals surface area contributed by atoms with E-state index < -0.39 is 0 Å². The minimum absolute atomic E-state index is 0.374. The number of hydrogen-bond acceptors (Lipinski definition) is 3. The number of hydrogen-bond donors (Lipinski definition) is 2. The predicted octanol–water partition coefficient (Wildman–Crippen LogP) is 9.83. The third-order valence-corrected chi connectivity index (χ3v) is 8.23. The molecule has 1 heterocycles. The van der Waals surface area contributed by atoms with Gasteiger partial charge in [-0.15, -0.1) is 0 Å². The van der Waals surface area contributed by atoms with Crippen molar-refractivity contribution in [3.63, 3.8) is 0 Å². The zero-order valence-corrected chi connectivity index (χ0v) is 27.8. The van der Waals surface area contributed by atoms with Crippen molar-refractivity contribution in [3.05, 3.63) is 143 Å². The van der Waals surface area contributed by atoms with Gasteiger partial charge in [0.15, 0.2) is 0 Å². The first kappa shape index (κ1) is 34.5. The first-order valence-electron chi connectivity index (χ1n) is 16.5. The van der Waals surface area contributed by atoms with Crippen molar-refractivity contribution in [3.8, 4) is 11.1 Å². The molecule has 44 heavy (non-hydrogen) atoms. The fraction of sp³-hybridized carbons (Fsp3) is 0.341. The molecule has 0 aliphatic heterocycles. The van der Waals surface area contributed by atoms with Gasteiger partial charge in [0.25, 0.3) is 0 Å². The highest BCUT2D eigenvalue weighted by Gasteiger charge is 2.20. The number of benzene rings is 3.